The molecule has 222 valence electrons. The first-order chi connectivity index (χ1) is 22.7. The molecule has 0 fully saturated rings. The van der Waals surface area contributed by atoms with Crippen molar-refractivity contribution < 1.29 is 14.2 Å². The van der Waals surface area contributed by atoms with Gasteiger partial charge < -0.3 is 14.2 Å². The lowest BCUT2D eigenvalue weighted by Gasteiger charge is -2.08. The van der Waals surface area contributed by atoms with E-state index >= 15 is 0 Å². The minimum Gasteiger partial charge on any atom is -0.497 e. The maximum Gasteiger partial charge on any atom is 0.136 e. The van der Waals surface area contributed by atoms with Gasteiger partial charge in [-0.15, -0.1) is 0 Å². The van der Waals surface area contributed by atoms with Crippen LogP contribution in [0.3, 0.4) is 0 Å². The van der Waals surface area contributed by atoms with Gasteiger partial charge in [0.05, 0.1) is 26.4 Å². The highest BCUT2D eigenvalue weighted by molar-refractivity contribution is 9.09. The average molecular weight is 662 g/mol. The van der Waals surface area contributed by atoms with Gasteiger partial charge in [-0.2, -0.15) is 0 Å². The molecule has 0 aromatic heterocycles. The van der Waals surface area contributed by atoms with Gasteiger partial charge in [0.15, 0.2) is 0 Å². The van der Waals surface area contributed by atoms with E-state index in [1.807, 2.05) is 115 Å². The maximum absolute atomic E-state index is 6.06. The molecule has 0 saturated heterocycles. The zero-order valence-corrected chi connectivity index (χ0v) is 27.1. The SMILES string of the molecule is COc1ccc(C#Cc2ccccc2C#Cc2cccc(OCCBr)c2C#Cc2ccccc2C#Cc2ccc(OC)cc2)cc1. The van der Waals surface area contributed by atoms with Gasteiger partial charge in [0.2, 0.25) is 0 Å². The highest BCUT2D eigenvalue weighted by Gasteiger charge is 2.07. The zero-order valence-electron chi connectivity index (χ0n) is 25.5. The summed E-state index contributed by atoms with van der Waals surface area (Å²) in [5.74, 6) is 28.6. The van der Waals surface area contributed by atoms with E-state index in [-0.39, 0.29) is 0 Å². The van der Waals surface area contributed by atoms with E-state index in [4.69, 9.17) is 14.2 Å². The normalized spacial score (nSPS) is 9.54. The van der Waals surface area contributed by atoms with Crippen molar-refractivity contribution in [3.05, 3.63) is 160 Å². The maximum atomic E-state index is 6.06. The van der Waals surface area contributed by atoms with Crippen molar-refractivity contribution >= 4 is 15.9 Å². The molecule has 0 unspecified atom stereocenters. The third-order valence-corrected chi connectivity index (χ3v) is 7.06. The van der Waals surface area contributed by atoms with Crippen molar-refractivity contribution in [1.29, 1.82) is 0 Å². The van der Waals surface area contributed by atoms with Crippen molar-refractivity contribution in [2.24, 2.45) is 0 Å². The fourth-order valence-corrected chi connectivity index (χ4v) is 4.49. The molecule has 5 aromatic rings. The molecule has 0 heterocycles. The largest absolute Gasteiger partial charge is 0.497 e. The van der Waals surface area contributed by atoms with Crippen LogP contribution in [0.4, 0.5) is 0 Å². The second-order valence-corrected chi connectivity index (χ2v) is 10.6. The Morgan fingerprint density at radius 2 is 0.870 bits per heavy atom. The summed E-state index contributed by atoms with van der Waals surface area (Å²) >= 11 is 3.46. The highest BCUT2D eigenvalue weighted by Crippen LogP contribution is 2.22. The van der Waals surface area contributed by atoms with Crippen LogP contribution in [0.25, 0.3) is 0 Å². The Morgan fingerprint density at radius 1 is 0.457 bits per heavy atom. The molecule has 0 aliphatic heterocycles. The van der Waals surface area contributed by atoms with Gasteiger partial charge in [0.25, 0.3) is 0 Å². The van der Waals surface area contributed by atoms with Gasteiger partial charge in [0, 0.05) is 44.3 Å². The Morgan fingerprint density at radius 3 is 1.33 bits per heavy atom. The monoisotopic (exact) mass is 660 g/mol. The molecular weight excluding hydrogens is 632 g/mol. The highest BCUT2D eigenvalue weighted by atomic mass is 79.9. The van der Waals surface area contributed by atoms with Crippen LogP contribution in [0.2, 0.25) is 0 Å². The number of halogens is 1. The number of ether oxygens (including phenoxy) is 3. The molecule has 0 N–H and O–H groups in total. The molecule has 0 atom stereocenters. The molecular formula is C42H29BrO3. The van der Waals surface area contributed by atoms with Gasteiger partial charge in [-0.3, -0.25) is 0 Å². The molecule has 5 aromatic carbocycles. The molecule has 0 spiro atoms. The molecule has 3 nitrogen and oxygen atoms in total. The molecule has 4 heteroatoms. The van der Waals surface area contributed by atoms with Gasteiger partial charge in [-0.1, -0.05) is 93.6 Å². The molecule has 0 aliphatic carbocycles. The first-order valence-corrected chi connectivity index (χ1v) is 15.6. The Hall–Kier alpha value is -5.78. The fraction of sp³-hybridized carbons (Fsp3) is 0.0952. The van der Waals surface area contributed by atoms with E-state index in [1.54, 1.807) is 14.2 Å². The van der Waals surface area contributed by atoms with Crippen LogP contribution < -0.4 is 14.2 Å². The van der Waals surface area contributed by atoms with E-state index in [2.05, 4.69) is 63.3 Å². The van der Waals surface area contributed by atoms with E-state index in [1.165, 1.54) is 0 Å². The number of hydrogen-bond donors (Lipinski definition) is 0. The summed E-state index contributed by atoms with van der Waals surface area (Å²) < 4.78 is 16.6. The first-order valence-electron chi connectivity index (χ1n) is 14.5. The molecule has 0 bridgehead atoms. The van der Waals surface area contributed by atoms with E-state index in [0.717, 1.165) is 56.0 Å². The van der Waals surface area contributed by atoms with Crippen molar-refractivity contribution in [3.8, 4) is 64.6 Å². The lowest BCUT2D eigenvalue weighted by atomic mass is 10.0. The van der Waals surface area contributed by atoms with Gasteiger partial charge in [-0.25, -0.2) is 0 Å². The Kier molecular flexibility index (Phi) is 11.2. The number of alkyl halides is 1. The lowest BCUT2D eigenvalue weighted by molar-refractivity contribution is 0.344. The Bertz CT molecular complexity index is 2070. The Labute approximate surface area is 279 Å². The molecule has 0 aliphatic rings. The minimum absolute atomic E-state index is 0.499. The Balaban J connectivity index is 1.49. The van der Waals surface area contributed by atoms with Crippen LogP contribution in [-0.2, 0) is 0 Å². The second kappa shape index (κ2) is 16.3. The van der Waals surface area contributed by atoms with E-state index in [9.17, 15) is 0 Å². The third-order valence-electron chi connectivity index (χ3n) is 6.73. The molecule has 0 amide bonds. The van der Waals surface area contributed by atoms with Crippen molar-refractivity contribution in [2.75, 3.05) is 26.2 Å². The molecule has 5 rings (SSSR count). The third kappa shape index (κ3) is 8.65. The number of rotatable bonds is 5. The quantitative estimate of drug-likeness (QED) is 0.141. The lowest BCUT2D eigenvalue weighted by Crippen LogP contribution is -2.01. The van der Waals surface area contributed by atoms with Crippen LogP contribution >= 0.6 is 15.9 Å². The standard InChI is InChI=1S/C42H29BrO3/c1-44-39-25-16-32(17-26-39)14-20-34-8-3-5-10-36(34)22-23-38-12-7-13-42(46-31-30-43)41(38)29-24-37-11-6-4-9-35(37)21-15-33-18-27-40(45-2)28-19-33/h3-13,16-19,25-28H,30-31H2,1-2H3. The van der Waals surface area contributed by atoms with Gasteiger partial charge in [0.1, 0.15) is 17.2 Å². The van der Waals surface area contributed by atoms with Crippen molar-refractivity contribution in [1.82, 2.24) is 0 Å². The predicted molar refractivity (Wildman–Crippen MR) is 189 cm³/mol. The summed E-state index contributed by atoms with van der Waals surface area (Å²) in [6.45, 7) is 0.499. The first kappa shape index (κ1) is 31.6. The topological polar surface area (TPSA) is 27.7 Å². The summed E-state index contributed by atoms with van der Waals surface area (Å²) in [6, 6.07) is 36.9. The number of hydrogen-bond acceptors (Lipinski definition) is 3. The van der Waals surface area contributed by atoms with E-state index in [0.29, 0.717) is 17.7 Å². The average Bonchev–Trinajstić information content (AvgIpc) is 3.11. The van der Waals surface area contributed by atoms with Gasteiger partial charge >= 0.3 is 0 Å². The van der Waals surface area contributed by atoms with Crippen LogP contribution in [0.15, 0.2) is 115 Å². The van der Waals surface area contributed by atoms with Crippen LogP contribution in [0.1, 0.15) is 44.5 Å². The summed E-state index contributed by atoms with van der Waals surface area (Å²) in [5, 5.41) is 0.694. The number of methoxy groups -OCH3 is 2. The van der Waals surface area contributed by atoms with Crippen molar-refractivity contribution in [3.63, 3.8) is 0 Å². The van der Waals surface area contributed by atoms with Crippen LogP contribution in [0, 0.1) is 47.4 Å². The fourth-order valence-electron chi connectivity index (χ4n) is 4.33. The summed E-state index contributed by atoms with van der Waals surface area (Å²) in [7, 11) is 3.30. The van der Waals surface area contributed by atoms with Gasteiger partial charge in [-0.05, 0) is 84.9 Å². The summed E-state index contributed by atoms with van der Waals surface area (Å²) in [5.41, 5.74) is 6.59. The minimum atomic E-state index is 0.499. The number of benzene rings is 5. The summed E-state index contributed by atoms with van der Waals surface area (Å²) in [6.07, 6.45) is 0. The van der Waals surface area contributed by atoms with Crippen molar-refractivity contribution in [2.45, 2.75) is 0 Å². The van der Waals surface area contributed by atoms with Crippen LogP contribution in [0.5, 0.6) is 17.2 Å². The summed E-state index contributed by atoms with van der Waals surface area (Å²) in [4.78, 5) is 0. The van der Waals surface area contributed by atoms with E-state index < -0.39 is 0 Å². The molecule has 46 heavy (non-hydrogen) atoms. The second-order valence-electron chi connectivity index (χ2n) is 9.76. The molecule has 0 saturated carbocycles. The predicted octanol–water partition coefficient (Wildman–Crippen LogP) is 8.08. The van der Waals surface area contributed by atoms with Crippen LogP contribution in [-0.4, -0.2) is 26.2 Å². The smallest absolute Gasteiger partial charge is 0.136 e. The zero-order chi connectivity index (χ0) is 32.0. The molecule has 0 radical (unpaired) electrons.